The Hall–Kier alpha value is -0.880. The molecule has 0 aromatic carbocycles. The van der Waals surface area contributed by atoms with Gasteiger partial charge in [0.05, 0.1) is 10.6 Å². The fourth-order valence-electron chi connectivity index (χ4n) is 2.19. The second kappa shape index (κ2) is 5.18. The Morgan fingerprint density at radius 3 is 2.76 bits per heavy atom. The summed E-state index contributed by atoms with van der Waals surface area (Å²) in [6.45, 7) is 3.65. The minimum Gasteiger partial charge on any atom is -0.393 e. The van der Waals surface area contributed by atoms with Gasteiger partial charge in [0, 0.05) is 19.3 Å². The van der Waals surface area contributed by atoms with Gasteiger partial charge in [-0.1, -0.05) is 0 Å². The summed E-state index contributed by atoms with van der Waals surface area (Å²) in [6, 6.07) is 0. The smallest absolute Gasteiger partial charge is 0.222 e. The fourth-order valence-corrected chi connectivity index (χ4v) is 2.63. The van der Waals surface area contributed by atoms with E-state index in [-0.39, 0.29) is 6.10 Å². The Morgan fingerprint density at radius 1 is 1.53 bits per heavy atom. The predicted molar refractivity (Wildman–Crippen MR) is 70.8 cm³/mol. The average Bonchev–Trinajstić information content (AvgIpc) is 2.32. The molecular formula is C11H17BrN4O. The summed E-state index contributed by atoms with van der Waals surface area (Å²) in [5.41, 5.74) is 5.60. The van der Waals surface area contributed by atoms with E-state index in [0.717, 1.165) is 36.2 Å². The number of hydrogen-bond acceptors (Lipinski definition) is 5. The van der Waals surface area contributed by atoms with Crippen LogP contribution in [0.1, 0.15) is 19.8 Å². The van der Waals surface area contributed by atoms with E-state index >= 15 is 0 Å². The van der Waals surface area contributed by atoms with Gasteiger partial charge in [0.1, 0.15) is 5.82 Å². The maximum Gasteiger partial charge on any atom is 0.222 e. The van der Waals surface area contributed by atoms with Crippen LogP contribution >= 0.6 is 15.9 Å². The summed E-state index contributed by atoms with van der Waals surface area (Å²) in [6.07, 6.45) is 3.41. The maximum absolute atomic E-state index is 9.56. The molecule has 6 heteroatoms. The van der Waals surface area contributed by atoms with Gasteiger partial charge in [-0.15, -0.1) is 0 Å². The molecule has 1 saturated heterocycles. The van der Waals surface area contributed by atoms with Crippen LogP contribution in [0.25, 0.3) is 0 Å². The summed E-state index contributed by atoms with van der Waals surface area (Å²) < 4.78 is 0.863. The number of nitrogens with zero attached hydrogens (tertiary/aromatic N) is 3. The second-order valence-electron chi connectivity index (χ2n) is 4.46. The Bertz CT molecular complexity index is 391. The highest BCUT2D eigenvalue weighted by Crippen LogP contribution is 2.29. The molecule has 0 amide bonds. The third-order valence-electron chi connectivity index (χ3n) is 3.27. The fraction of sp³-hybridized carbons (Fsp3) is 0.636. The van der Waals surface area contributed by atoms with Gasteiger partial charge in [-0.25, -0.2) is 4.98 Å². The van der Waals surface area contributed by atoms with Crippen LogP contribution in [0.3, 0.4) is 0 Å². The number of anilines is 2. The molecule has 1 aliphatic rings. The Kier molecular flexibility index (Phi) is 3.83. The monoisotopic (exact) mass is 300 g/mol. The van der Waals surface area contributed by atoms with Crippen molar-refractivity contribution in [3.63, 3.8) is 0 Å². The number of halogens is 1. The van der Waals surface area contributed by atoms with Crippen molar-refractivity contribution in [2.45, 2.75) is 25.9 Å². The van der Waals surface area contributed by atoms with Gasteiger partial charge in [0.25, 0.3) is 0 Å². The number of aromatic nitrogens is 2. The van der Waals surface area contributed by atoms with Crippen molar-refractivity contribution in [2.24, 2.45) is 5.92 Å². The number of aliphatic hydroxyl groups excluding tert-OH is 1. The highest BCUT2D eigenvalue weighted by Gasteiger charge is 2.24. The minimum atomic E-state index is -0.226. The number of nitrogen functional groups attached to an aromatic ring is 1. The zero-order valence-electron chi connectivity index (χ0n) is 9.80. The first-order valence-corrected chi connectivity index (χ1v) is 6.58. The molecule has 94 valence electrons. The summed E-state index contributed by atoms with van der Waals surface area (Å²) in [7, 11) is 0. The van der Waals surface area contributed by atoms with Crippen LogP contribution in [-0.4, -0.2) is 34.3 Å². The van der Waals surface area contributed by atoms with Gasteiger partial charge >= 0.3 is 0 Å². The summed E-state index contributed by atoms with van der Waals surface area (Å²) >= 11 is 3.44. The predicted octanol–water partition coefficient (Wildman–Crippen LogP) is 1.42. The number of aliphatic hydroxyl groups is 1. The maximum atomic E-state index is 9.56. The molecule has 0 aliphatic carbocycles. The van der Waals surface area contributed by atoms with Gasteiger partial charge in [0.2, 0.25) is 5.95 Å². The van der Waals surface area contributed by atoms with E-state index in [9.17, 15) is 5.11 Å². The van der Waals surface area contributed by atoms with E-state index < -0.39 is 0 Å². The van der Waals surface area contributed by atoms with Crippen molar-refractivity contribution in [1.82, 2.24) is 9.97 Å². The van der Waals surface area contributed by atoms with E-state index in [2.05, 4.69) is 30.8 Å². The molecule has 5 nitrogen and oxygen atoms in total. The number of hydrogen-bond donors (Lipinski definition) is 2. The van der Waals surface area contributed by atoms with Crippen molar-refractivity contribution in [3.05, 3.63) is 10.7 Å². The van der Waals surface area contributed by atoms with Crippen LogP contribution in [-0.2, 0) is 0 Å². The number of rotatable bonds is 2. The van der Waals surface area contributed by atoms with Gasteiger partial charge < -0.3 is 15.7 Å². The molecule has 2 heterocycles. The standard InChI is InChI=1S/C11H17BrN4O/c1-7(17)8-2-4-16(5-3-8)10-9(12)6-14-11(13)15-10/h6-8,17H,2-5H2,1H3,(H2,13,14,15). The second-order valence-corrected chi connectivity index (χ2v) is 5.32. The Balaban J connectivity index is 2.07. The number of nitrogens with two attached hydrogens (primary N) is 1. The van der Waals surface area contributed by atoms with Crippen LogP contribution < -0.4 is 10.6 Å². The zero-order chi connectivity index (χ0) is 12.4. The van der Waals surface area contributed by atoms with Crippen molar-refractivity contribution >= 4 is 27.7 Å². The van der Waals surface area contributed by atoms with Crippen LogP contribution in [0.15, 0.2) is 10.7 Å². The molecule has 0 radical (unpaired) electrons. The Labute approximate surface area is 109 Å². The van der Waals surface area contributed by atoms with Gasteiger partial charge in [0.15, 0.2) is 0 Å². The molecule has 1 unspecified atom stereocenters. The molecule has 1 atom stereocenters. The van der Waals surface area contributed by atoms with E-state index in [1.165, 1.54) is 0 Å². The molecule has 1 aromatic heterocycles. The largest absolute Gasteiger partial charge is 0.393 e. The van der Waals surface area contributed by atoms with E-state index in [0.29, 0.717) is 11.9 Å². The molecule has 0 saturated carbocycles. The highest BCUT2D eigenvalue weighted by molar-refractivity contribution is 9.10. The molecule has 0 spiro atoms. The van der Waals surface area contributed by atoms with Gasteiger partial charge in [-0.3, -0.25) is 0 Å². The molecule has 1 fully saturated rings. The lowest BCUT2D eigenvalue weighted by molar-refractivity contribution is 0.109. The summed E-state index contributed by atoms with van der Waals surface area (Å²) in [4.78, 5) is 10.4. The molecule has 17 heavy (non-hydrogen) atoms. The SMILES string of the molecule is CC(O)C1CCN(c2nc(N)ncc2Br)CC1. The lowest BCUT2D eigenvalue weighted by Crippen LogP contribution is -2.37. The first-order chi connectivity index (χ1) is 8.08. The van der Waals surface area contributed by atoms with Gasteiger partial charge in [-0.2, -0.15) is 4.98 Å². The first-order valence-electron chi connectivity index (χ1n) is 5.79. The summed E-state index contributed by atoms with van der Waals surface area (Å²) in [5.74, 6) is 1.53. The van der Waals surface area contributed by atoms with Crippen molar-refractivity contribution in [2.75, 3.05) is 23.7 Å². The van der Waals surface area contributed by atoms with Crippen molar-refractivity contribution in [3.8, 4) is 0 Å². The molecule has 2 rings (SSSR count). The number of piperidine rings is 1. The molecular weight excluding hydrogens is 284 g/mol. The molecule has 0 bridgehead atoms. The van der Waals surface area contributed by atoms with Gasteiger partial charge in [-0.05, 0) is 41.6 Å². The third kappa shape index (κ3) is 2.87. The van der Waals surface area contributed by atoms with Crippen LogP contribution in [0.5, 0.6) is 0 Å². The van der Waals surface area contributed by atoms with E-state index in [1.54, 1.807) is 6.20 Å². The van der Waals surface area contributed by atoms with Crippen molar-refractivity contribution < 1.29 is 5.11 Å². The lowest BCUT2D eigenvalue weighted by Gasteiger charge is -2.34. The molecule has 3 N–H and O–H groups in total. The Morgan fingerprint density at radius 2 is 2.18 bits per heavy atom. The molecule has 1 aliphatic heterocycles. The van der Waals surface area contributed by atoms with E-state index in [4.69, 9.17) is 5.73 Å². The molecule has 1 aromatic rings. The lowest BCUT2D eigenvalue weighted by atomic mass is 9.92. The minimum absolute atomic E-state index is 0.226. The average molecular weight is 301 g/mol. The van der Waals surface area contributed by atoms with Crippen LogP contribution in [0, 0.1) is 5.92 Å². The van der Waals surface area contributed by atoms with Crippen LogP contribution in [0.2, 0.25) is 0 Å². The zero-order valence-corrected chi connectivity index (χ0v) is 11.4. The van der Waals surface area contributed by atoms with E-state index in [1.807, 2.05) is 6.92 Å². The summed E-state index contributed by atoms with van der Waals surface area (Å²) in [5, 5.41) is 9.56. The quantitative estimate of drug-likeness (QED) is 0.864. The third-order valence-corrected chi connectivity index (χ3v) is 3.82. The topological polar surface area (TPSA) is 75.3 Å². The van der Waals surface area contributed by atoms with Crippen LogP contribution in [0.4, 0.5) is 11.8 Å². The van der Waals surface area contributed by atoms with Crippen molar-refractivity contribution in [1.29, 1.82) is 0 Å². The normalized spacial score (nSPS) is 19.4. The first kappa shape index (κ1) is 12.6. The highest BCUT2D eigenvalue weighted by atomic mass is 79.9.